The Morgan fingerprint density at radius 3 is 2.71 bits per heavy atom. The van der Waals surface area contributed by atoms with Crippen molar-refractivity contribution < 1.29 is 9.90 Å². The molecule has 0 heterocycles. The molecule has 0 spiro atoms. The fourth-order valence-corrected chi connectivity index (χ4v) is 2.84. The van der Waals surface area contributed by atoms with Crippen LogP contribution in [-0.4, -0.2) is 23.7 Å². The van der Waals surface area contributed by atoms with E-state index in [1.807, 2.05) is 13.8 Å². The molecule has 3 atom stereocenters. The van der Waals surface area contributed by atoms with Gasteiger partial charge in [-0.2, -0.15) is 5.26 Å². The van der Waals surface area contributed by atoms with Crippen molar-refractivity contribution in [2.24, 2.45) is 17.3 Å². The third-order valence-corrected chi connectivity index (χ3v) is 4.38. The van der Waals surface area contributed by atoms with E-state index >= 15 is 0 Å². The van der Waals surface area contributed by atoms with Gasteiger partial charge in [0.2, 0.25) is 0 Å². The summed E-state index contributed by atoms with van der Waals surface area (Å²) in [6.45, 7) is 6.88. The number of hydrogen-bond donors (Lipinski definition) is 2. The molecule has 0 aromatic rings. The summed E-state index contributed by atoms with van der Waals surface area (Å²) in [6, 6.07) is 2.44. The van der Waals surface area contributed by atoms with E-state index < -0.39 is 5.97 Å². The van der Waals surface area contributed by atoms with Crippen molar-refractivity contribution >= 4 is 5.97 Å². The van der Waals surface area contributed by atoms with E-state index in [1.165, 1.54) is 0 Å². The van der Waals surface area contributed by atoms with Crippen LogP contribution in [0, 0.1) is 28.6 Å². The van der Waals surface area contributed by atoms with E-state index in [-0.39, 0.29) is 11.3 Å². The van der Waals surface area contributed by atoms with Crippen LogP contribution in [-0.2, 0) is 4.79 Å². The fraction of sp³-hybridized carbons (Fsp3) is 0.846. The molecule has 0 radical (unpaired) electrons. The van der Waals surface area contributed by atoms with Crippen molar-refractivity contribution in [3.63, 3.8) is 0 Å². The van der Waals surface area contributed by atoms with Crippen LogP contribution in [0.1, 0.15) is 40.0 Å². The predicted molar refractivity (Wildman–Crippen MR) is 65.3 cm³/mol. The molecule has 1 aliphatic rings. The molecule has 0 saturated heterocycles. The normalized spacial score (nSPS) is 31.8. The molecule has 17 heavy (non-hydrogen) atoms. The minimum absolute atomic E-state index is 0.200. The number of hydrogen-bond acceptors (Lipinski definition) is 3. The van der Waals surface area contributed by atoms with Crippen LogP contribution in [0.15, 0.2) is 0 Å². The lowest BCUT2D eigenvalue weighted by Gasteiger charge is -2.46. The predicted octanol–water partition coefficient (Wildman–Crippen LogP) is 2.02. The van der Waals surface area contributed by atoms with Crippen molar-refractivity contribution in [2.45, 2.75) is 46.1 Å². The Hall–Kier alpha value is -1.08. The monoisotopic (exact) mass is 238 g/mol. The zero-order valence-corrected chi connectivity index (χ0v) is 10.9. The highest BCUT2D eigenvalue weighted by atomic mass is 16.4. The maximum Gasteiger partial charge on any atom is 0.307 e. The number of nitrogens with one attached hydrogen (secondary N) is 1. The van der Waals surface area contributed by atoms with Gasteiger partial charge in [0, 0.05) is 19.0 Å². The van der Waals surface area contributed by atoms with E-state index in [0.717, 1.165) is 12.8 Å². The Morgan fingerprint density at radius 1 is 1.53 bits per heavy atom. The topological polar surface area (TPSA) is 73.1 Å². The number of nitriles is 1. The highest BCUT2D eigenvalue weighted by Gasteiger charge is 2.45. The highest BCUT2D eigenvalue weighted by molar-refractivity contribution is 5.71. The third-order valence-electron chi connectivity index (χ3n) is 4.38. The molecular weight excluding hydrogens is 216 g/mol. The Bertz CT molecular complexity index is 320. The third kappa shape index (κ3) is 2.98. The first-order valence-corrected chi connectivity index (χ1v) is 6.24. The Morgan fingerprint density at radius 2 is 2.18 bits per heavy atom. The standard InChI is InChI=1S/C13H22N2O2/c1-9-11(15-8-4-7-14)6-5-10(12(16)17)13(9,2)3/h9-11,15H,4-6,8H2,1-3H3,(H,16,17). The van der Waals surface area contributed by atoms with Gasteiger partial charge >= 0.3 is 5.97 Å². The zero-order valence-electron chi connectivity index (χ0n) is 10.9. The molecule has 0 bridgehead atoms. The summed E-state index contributed by atoms with van der Waals surface area (Å²) in [5.41, 5.74) is -0.200. The minimum Gasteiger partial charge on any atom is -0.481 e. The second kappa shape index (κ2) is 5.50. The SMILES string of the molecule is CC1C(NCCC#N)CCC(C(=O)O)C1(C)C. The molecule has 4 heteroatoms. The molecule has 96 valence electrons. The van der Waals surface area contributed by atoms with Gasteiger partial charge in [-0.15, -0.1) is 0 Å². The van der Waals surface area contributed by atoms with Crippen LogP contribution >= 0.6 is 0 Å². The van der Waals surface area contributed by atoms with Gasteiger partial charge in [-0.3, -0.25) is 4.79 Å². The molecule has 0 aromatic carbocycles. The second-order valence-corrected chi connectivity index (χ2v) is 5.55. The fourth-order valence-electron chi connectivity index (χ4n) is 2.84. The van der Waals surface area contributed by atoms with Gasteiger partial charge in [-0.05, 0) is 24.2 Å². The van der Waals surface area contributed by atoms with Gasteiger partial charge in [-0.1, -0.05) is 20.8 Å². The largest absolute Gasteiger partial charge is 0.481 e. The molecule has 1 saturated carbocycles. The van der Waals surface area contributed by atoms with Crippen LogP contribution in [0.25, 0.3) is 0 Å². The average Bonchev–Trinajstić information content (AvgIpc) is 2.24. The van der Waals surface area contributed by atoms with Crippen LogP contribution in [0.4, 0.5) is 0 Å². The number of carboxylic acid groups (broad SMARTS) is 1. The van der Waals surface area contributed by atoms with Gasteiger partial charge in [0.25, 0.3) is 0 Å². The average molecular weight is 238 g/mol. The van der Waals surface area contributed by atoms with Crippen LogP contribution in [0.3, 0.4) is 0 Å². The first-order chi connectivity index (χ1) is 7.91. The summed E-state index contributed by atoms with van der Waals surface area (Å²) in [4.78, 5) is 11.2. The molecule has 0 aliphatic heterocycles. The minimum atomic E-state index is -0.683. The Balaban J connectivity index is 2.65. The van der Waals surface area contributed by atoms with Crippen molar-refractivity contribution in [3.8, 4) is 6.07 Å². The second-order valence-electron chi connectivity index (χ2n) is 5.55. The van der Waals surface area contributed by atoms with Crippen LogP contribution in [0.2, 0.25) is 0 Å². The molecule has 2 N–H and O–H groups in total. The lowest BCUT2D eigenvalue weighted by atomic mass is 9.61. The van der Waals surface area contributed by atoms with Crippen molar-refractivity contribution in [1.82, 2.24) is 5.32 Å². The van der Waals surface area contributed by atoms with Gasteiger partial charge < -0.3 is 10.4 Å². The maximum atomic E-state index is 11.2. The number of carbonyl (C=O) groups is 1. The summed E-state index contributed by atoms with van der Waals surface area (Å²) in [6.07, 6.45) is 2.11. The Labute approximate surface area is 103 Å². The van der Waals surface area contributed by atoms with Crippen LogP contribution < -0.4 is 5.32 Å². The van der Waals surface area contributed by atoms with E-state index in [2.05, 4.69) is 18.3 Å². The summed E-state index contributed by atoms with van der Waals surface area (Å²) in [5.74, 6) is -0.639. The molecule has 1 aliphatic carbocycles. The Kier molecular flexibility index (Phi) is 4.53. The van der Waals surface area contributed by atoms with E-state index in [0.29, 0.717) is 24.9 Å². The number of nitrogens with zero attached hydrogens (tertiary/aromatic N) is 1. The van der Waals surface area contributed by atoms with Gasteiger partial charge in [0.15, 0.2) is 0 Å². The number of aliphatic carboxylic acids is 1. The summed E-state index contributed by atoms with van der Waals surface area (Å²) < 4.78 is 0. The van der Waals surface area contributed by atoms with E-state index in [4.69, 9.17) is 5.26 Å². The summed E-state index contributed by atoms with van der Waals surface area (Å²) in [7, 11) is 0. The van der Waals surface area contributed by atoms with Crippen LogP contribution in [0.5, 0.6) is 0 Å². The zero-order chi connectivity index (χ0) is 13.1. The van der Waals surface area contributed by atoms with E-state index in [1.54, 1.807) is 0 Å². The maximum absolute atomic E-state index is 11.2. The van der Waals surface area contributed by atoms with Gasteiger partial charge in [-0.25, -0.2) is 0 Å². The lowest BCUT2D eigenvalue weighted by molar-refractivity contribution is -0.150. The van der Waals surface area contributed by atoms with E-state index in [9.17, 15) is 9.90 Å². The van der Waals surface area contributed by atoms with Crippen molar-refractivity contribution in [3.05, 3.63) is 0 Å². The molecule has 1 fully saturated rings. The first kappa shape index (κ1) is 14.0. The molecular formula is C13H22N2O2. The number of carboxylic acids is 1. The smallest absolute Gasteiger partial charge is 0.307 e. The molecule has 0 aromatic heterocycles. The summed E-state index contributed by atoms with van der Waals surface area (Å²) in [5, 5.41) is 21.1. The first-order valence-electron chi connectivity index (χ1n) is 6.24. The molecule has 3 unspecified atom stereocenters. The highest BCUT2D eigenvalue weighted by Crippen LogP contribution is 2.44. The van der Waals surface area contributed by atoms with Gasteiger partial charge in [0.05, 0.1) is 12.0 Å². The number of rotatable bonds is 4. The quantitative estimate of drug-likeness (QED) is 0.735. The molecule has 0 amide bonds. The van der Waals surface area contributed by atoms with Gasteiger partial charge in [0.1, 0.15) is 0 Å². The molecule has 1 rings (SSSR count). The van der Waals surface area contributed by atoms with Crippen molar-refractivity contribution in [2.75, 3.05) is 6.54 Å². The lowest BCUT2D eigenvalue weighted by Crippen LogP contribution is -2.51. The van der Waals surface area contributed by atoms with Crippen molar-refractivity contribution in [1.29, 1.82) is 5.26 Å². The molecule has 4 nitrogen and oxygen atoms in total. The summed E-state index contributed by atoms with van der Waals surface area (Å²) >= 11 is 0.